The predicted octanol–water partition coefficient (Wildman–Crippen LogP) is 3.03. The second kappa shape index (κ2) is 7.85. The molecule has 4 nitrogen and oxygen atoms in total. The molecule has 1 aromatic carbocycles. The maximum Gasteiger partial charge on any atom is 0.239 e. The molecule has 2 saturated heterocycles. The summed E-state index contributed by atoms with van der Waals surface area (Å²) < 4.78 is 0. The Morgan fingerprint density at radius 1 is 0.958 bits per heavy atom. The second-order valence-corrected chi connectivity index (χ2v) is 7.38. The molecule has 2 aliphatic heterocycles. The van der Waals surface area contributed by atoms with Gasteiger partial charge in [-0.05, 0) is 38.3 Å². The summed E-state index contributed by atoms with van der Waals surface area (Å²) in [5.74, 6) is 0.306. The van der Waals surface area contributed by atoms with Crippen LogP contribution < -0.4 is 0 Å². The van der Waals surface area contributed by atoms with Gasteiger partial charge in [0.2, 0.25) is 5.91 Å². The highest BCUT2D eigenvalue weighted by Crippen LogP contribution is 2.28. The van der Waals surface area contributed by atoms with Gasteiger partial charge < -0.3 is 4.90 Å². The molecule has 0 N–H and O–H groups in total. The van der Waals surface area contributed by atoms with Gasteiger partial charge in [0, 0.05) is 50.3 Å². The van der Waals surface area contributed by atoms with E-state index in [4.69, 9.17) is 11.6 Å². The van der Waals surface area contributed by atoms with Gasteiger partial charge in [0.1, 0.15) is 0 Å². The lowest BCUT2D eigenvalue weighted by atomic mass is 10.1. The van der Waals surface area contributed by atoms with Gasteiger partial charge in [0.05, 0.1) is 6.04 Å². The fourth-order valence-electron chi connectivity index (χ4n) is 3.88. The molecule has 0 saturated carbocycles. The minimum Gasteiger partial charge on any atom is -0.341 e. The molecule has 132 valence electrons. The number of halogens is 1. The standard InChI is InChI=1S/C19H28ClN3O/c1-15(17-7-3-4-8-18(17)20)21-11-13-22(14-12-21)16(2)19(24)23-9-5-6-10-23/h3-4,7-8,15-16H,5-6,9-14H2,1-2H3. The number of hydrogen-bond donors (Lipinski definition) is 0. The maximum atomic E-state index is 12.6. The quantitative estimate of drug-likeness (QED) is 0.836. The Balaban J connectivity index is 1.55. The molecule has 1 aromatic rings. The highest BCUT2D eigenvalue weighted by Gasteiger charge is 2.31. The van der Waals surface area contributed by atoms with Crippen molar-refractivity contribution in [1.29, 1.82) is 0 Å². The first-order chi connectivity index (χ1) is 11.6. The topological polar surface area (TPSA) is 26.8 Å². The zero-order valence-electron chi connectivity index (χ0n) is 14.7. The molecule has 1 amide bonds. The van der Waals surface area contributed by atoms with Gasteiger partial charge >= 0.3 is 0 Å². The summed E-state index contributed by atoms with van der Waals surface area (Å²) in [6.07, 6.45) is 2.31. The van der Waals surface area contributed by atoms with E-state index in [9.17, 15) is 4.79 Å². The van der Waals surface area contributed by atoms with E-state index in [1.807, 2.05) is 23.1 Å². The van der Waals surface area contributed by atoms with Crippen LogP contribution >= 0.6 is 11.6 Å². The van der Waals surface area contributed by atoms with Crippen molar-refractivity contribution in [2.45, 2.75) is 38.8 Å². The molecule has 0 aliphatic carbocycles. The number of carbonyl (C=O) groups excluding carboxylic acids is 1. The molecular formula is C19H28ClN3O. The molecule has 2 fully saturated rings. The average Bonchev–Trinajstić information content (AvgIpc) is 3.15. The van der Waals surface area contributed by atoms with Crippen LogP contribution in [0.2, 0.25) is 5.02 Å². The van der Waals surface area contributed by atoms with Crippen LogP contribution in [0.1, 0.15) is 38.3 Å². The van der Waals surface area contributed by atoms with Crippen molar-refractivity contribution < 1.29 is 4.79 Å². The normalized spacial score (nSPS) is 22.5. The Morgan fingerprint density at radius 2 is 1.54 bits per heavy atom. The smallest absolute Gasteiger partial charge is 0.239 e. The molecule has 2 atom stereocenters. The van der Waals surface area contributed by atoms with E-state index >= 15 is 0 Å². The third-order valence-corrected chi connectivity index (χ3v) is 5.92. The molecule has 0 aromatic heterocycles. The lowest BCUT2D eigenvalue weighted by Gasteiger charge is -2.41. The fourth-order valence-corrected chi connectivity index (χ4v) is 4.17. The molecule has 2 aliphatic rings. The predicted molar refractivity (Wildman–Crippen MR) is 98.3 cm³/mol. The Bertz CT molecular complexity index is 565. The lowest BCUT2D eigenvalue weighted by molar-refractivity contribution is -0.136. The SMILES string of the molecule is CC(C(=O)N1CCCC1)N1CCN(C(C)c2ccccc2Cl)CC1. The minimum absolute atomic E-state index is 0.000805. The maximum absolute atomic E-state index is 12.6. The van der Waals surface area contributed by atoms with Gasteiger partial charge in [-0.15, -0.1) is 0 Å². The fraction of sp³-hybridized carbons (Fsp3) is 0.632. The van der Waals surface area contributed by atoms with Crippen molar-refractivity contribution in [3.05, 3.63) is 34.9 Å². The van der Waals surface area contributed by atoms with Crippen molar-refractivity contribution in [2.24, 2.45) is 0 Å². The molecule has 5 heteroatoms. The van der Waals surface area contributed by atoms with Gasteiger partial charge in [0.15, 0.2) is 0 Å². The van der Waals surface area contributed by atoms with Crippen molar-refractivity contribution in [2.75, 3.05) is 39.3 Å². The summed E-state index contributed by atoms with van der Waals surface area (Å²) in [5.41, 5.74) is 1.19. The average molecular weight is 350 g/mol. The summed E-state index contributed by atoms with van der Waals surface area (Å²) in [6.45, 7) is 9.99. The van der Waals surface area contributed by atoms with Crippen LogP contribution in [-0.2, 0) is 4.79 Å². The van der Waals surface area contributed by atoms with E-state index in [1.165, 1.54) is 5.56 Å². The second-order valence-electron chi connectivity index (χ2n) is 6.98. The number of carbonyl (C=O) groups is 1. The molecule has 0 spiro atoms. The summed E-state index contributed by atoms with van der Waals surface area (Å²) in [7, 11) is 0. The van der Waals surface area contributed by atoms with E-state index in [1.54, 1.807) is 0 Å². The number of likely N-dealkylation sites (tertiary alicyclic amines) is 1. The van der Waals surface area contributed by atoms with E-state index < -0.39 is 0 Å². The Kier molecular flexibility index (Phi) is 5.80. The Labute approximate surface area is 150 Å². The third kappa shape index (κ3) is 3.76. The van der Waals surface area contributed by atoms with Gasteiger partial charge in [0.25, 0.3) is 0 Å². The number of hydrogen-bond acceptors (Lipinski definition) is 3. The zero-order valence-corrected chi connectivity index (χ0v) is 15.5. The van der Waals surface area contributed by atoms with Crippen molar-refractivity contribution in [3.63, 3.8) is 0 Å². The molecule has 24 heavy (non-hydrogen) atoms. The van der Waals surface area contributed by atoms with Crippen LogP contribution in [0.4, 0.5) is 0 Å². The van der Waals surface area contributed by atoms with Crippen molar-refractivity contribution in [1.82, 2.24) is 14.7 Å². The Morgan fingerprint density at radius 3 is 2.17 bits per heavy atom. The monoisotopic (exact) mass is 349 g/mol. The summed E-state index contributed by atoms with van der Waals surface area (Å²) in [5, 5.41) is 0.838. The summed E-state index contributed by atoms with van der Waals surface area (Å²) in [6, 6.07) is 8.40. The molecule has 0 bridgehead atoms. The molecule has 0 radical (unpaired) electrons. The minimum atomic E-state index is 0.000805. The van der Waals surface area contributed by atoms with E-state index in [0.717, 1.165) is 57.1 Å². The first kappa shape index (κ1) is 17.7. The highest BCUT2D eigenvalue weighted by atomic mass is 35.5. The number of piperazine rings is 1. The van der Waals surface area contributed by atoms with Crippen LogP contribution in [0.3, 0.4) is 0 Å². The van der Waals surface area contributed by atoms with Gasteiger partial charge in [-0.1, -0.05) is 29.8 Å². The van der Waals surface area contributed by atoms with Gasteiger partial charge in [-0.3, -0.25) is 14.6 Å². The van der Waals surface area contributed by atoms with E-state index in [2.05, 4.69) is 29.7 Å². The zero-order chi connectivity index (χ0) is 17.1. The number of rotatable bonds is 4. The largest absolute Gasteiger partial charge is 0.341 e. The van der Waals surface area contributed by atoms with E-state index in [0.29, 0.717) is 11.9 Å². The van der Waals surface area contributed by atoms with Gasteiger partial charge in [-0.2, -0.15) is 0 Å². The van der Waals surface area contributed by atoms with Crippen LogP contribution in [0.25, 0.3) is 0 Å². The van der Waals surface area contributed by atoms with Crippen LogP contribution in [0, 0.1) is 0 Å². The number of benzene rings is 1. The first-order valence-corrected chi connectivity index (χ1v) is 9.47. The highest BCUT2D eigenvalue weighted by molar-refractivity contribution is 6.31. The van der Waals surface area contributed by atoms with Gasteiger partial charge in [-0.25, -0.2) is 0 Å². The molecule has 3 rings (SSSR count). The van der Waals surface area contributed by atoms with Crippen LogP contribution in [0.15, 0.2) is 24.3 Å². The van der Waals surface area contributed by atoms with Crippen molar-refractivity contribution in [3.8, 4) is 0 Å². The van der Waals surface area contributed by atoms with Crippen LogP contribution in [0.5, 0.6) is 0 Å². The molecule has 2 heterocycles. The van der Waals surface area contributed by atoms with E-state index in [-0.39, 0.29) is 6.04 Å². The van der Waals surface area contributed by atoms with Crippen LogP contribution in [-0.4, -0.2) is 65.9 Å². The summed E-state index contributed by atoms with van der Waals surface area (Å²) in [4.78, 5) is 19.4. The Hall–Kier alpha value is -1.10. The third-order valence-electron chi connectivity index (χ3n) is 5.57. The molecular weight excluding hydrogens is 322 g/mol. The lowest BCUT2D eigenvalue weighted by Crippen LogP contribution is -2.54. The summed E-state index contributed by atoms with van der Waals surface area (Å²) >= 11 is 6.34. The first-order valence-electron chi connectivity index (χ1n) is 9.09. The van der Waals surface area contributed by atoms with Crippen molar-refractivity contribution >= 4 is 17.5 Å². The molecule has 2 unspecified atom stereocenters. The number of nitrogens with zero attached hydrogens (tertiary/aromatic N) is 3. The number of amides is 1.